The van der Waals surface area contributed by atoms with E-state index in [1.807, 2.05) is 0 Å². The lowest BCUT2D eigenvalue weighted by Gasteiger charge is -2.23. The van der Waals surface area contributed by atoms with Crippen LogP contribution in [0.5, 0.6) is 0 Å². The first-order chi connectivity index (χ1) is 7.50. The van der Waals surface area contributed by atoms with Crippen LogP contribution in [0.3, 0.4) is 0 Å². The lowest BCUT2D eigenvalue weighted by atomic mass is 9.85. The second-order valence-corrected chi connectivity index (χ2v) is 5.08. The molecule has 1 aliphatic rings. The monoisotopic (exact) mass is 220 g/mol. The highest BCUT2D eigenvalue weighted by Gasteiger charge is 2.18. The normalized spacial score (nSPS) is 31.7. The zero-order chi connectivity index (χ0) is 12.1. The van der Waals surface area contributed by atoms with Gasteiger partial charge in [0.2, 0.25) is 0 Å². The summed E-state index contributed by atoms with van der Waals surface area (Å²) in [5.41, 5.74) is 3.60. The summed E-state index contributed by atoms with van der Waals surface area (Å²) in [5, 5.41) is 10.0. The van der Waals surface area contributed by atoms with Crippen molar-refractivity contribution >= 4 is 0 Å². The van der Waals surface area contributed by atoms with Gasteiger partial charge in [-0.05, 0) is 57.4 Å². The summed E-state index contributed by atoms with van der Waals surface area (Å²) in [5.74, 6) is 0.424. The molecule has 90 valence electrons. The molecule has 0 heterocycles. The van der Waals surface area contributed by atoms with Gasteiger partial charge in [-0.3, -0.25) is 0 Å². The van der Waals surface area contributed by atoms with Crippen LogP contribution < -0.4 is 0 Å². The SMILES string of the molecule is C=C(C)[C@H]1CC/C(C)=C/CCC(=C)[C@@H](O)C1. The molecule has 16 heavy (non-hydrogen) atoms. The van der Waals surface area contributed by atoms with Gasteiger partial charge in [-0.2, -0.15) is 0 Å². The van der Waals surface area contributed by atoms with E-state index in [1.165, 1.54) is 11.1 Å². The van der Waals surface area contributed by atoms with Crippen molar-refractivity contribution in [2.75, 3.05) is 0 Å². The third-order valence-electron chi connectivity index (χ3n) is 3.52. The molecule has 0 saturated carbocycles. The molecule has 0 radical (unpaired) electrons. The summed E-state index contributed by atoms with van der Waals surface area (Å²) >= 11 is 0. The quantitative estimate of drug-likeness (QED) is 0.662. The Morgan fingerprint density at radius 3 is 2.75 bits per heavy atom. The largest absolute Gasteiger partial charge is 0.389 e. The minimum absolute atomic E-state index is 0.353. The summed E-state index contributed by atoms with van der Waals surface area (Å²) in [7, 11) is 0. The Hall–Kier alpha value is -0.820. The Kier molecular flexibility index (Phi) is 5.01. The van der Waals surface area contributed by atoms with E-state index in [2.05, 4.69) is 33.1 Å². The Labute approximate surface area is 99.6 Å². The van der Waals surface area contributed by atoms with Crippen molar-refractivity contribution < 1.29 is 5.11 Å². The van der Waals surface area contributed by atoms with Crippen LogP contribution in [-0.2, 0) is 0 Å². The molecule has 0 amide bonds. The fraction of sp³-hybridized carbons (Fsp3) is 0.600. The van der Waals surface area contributed by atoms with E-state index >= 15 is 0 Å². The smallest absolute Gasteiger partial charge is 0.0753 e. The van der Waals surface area contributed by atoms with E-state index in [1.54, 1.807) is 0 Å². The maximum absolute atomic E-state index is 10.0. The highest BCUT2D eigenvalue weighted by molar-refractivity contribution is 5.10. The predicted octanol–water partition coefficient (Wildman–Crippen LogP) is 4.01. The van der Waals surface area contributed by atoms with Crippen LogP contribution in [0.4, 0.5) is 0 Å². The van der Waals surface area contributed by atoms with Crippen LogP contribution in [0, 0.1) is 5.92 Å². The van der Waals surface area contributed by atoms with Crippen LogP contribution >= 0.6 is 0 Å². The topological polar surface area (TPSA) is 20.2 Å². The van der Waals surface area contributed by atoms with Crippen LogP contribution in [0.2, 0.25) is 0 Å². The lowest BCUT2D eigenvalue weighted by molar-refractivity contribution is 0.176. The van der Waals surface area contributed by atoms with Gasteiger partial charge in [-0.1, -0.05) is 30.4 Å². The summed E-state index contributed by atoms with van der Waals surface area (Å²) < 4.78 is 0. The molecule has 1 rings (SSSR count). The molecule has 0 aromatic carbocycles. The minimum atomic E-state index is -0.353. The number of aliphatic hydroxyl groups excluding tert-OH is 1. The molecule has 1 N–H and O–H groups in total. The summed E-state index contributed by atoms with van der Waals surface area (Å²) in [6.45, 7) is 12.3. The maximum atomic E-state index is 10.0. The summed E-state index contributed by atoms with van der Waals surface area (Å²) in [6.07, 6.45) is 6.85. The standard InChI is InChI=1S/C15H24O/c1-11(2)14-9-8-12(3)6-5-7-13(4)15(16)10-14/h6,14-16H,1,4-5,7-10H2,2-3H3/b12-6+/t14-,15-/m0/s1. The predicted molar refractivity (Wildman–Crippen MR) is 70.3 cm³/mol. The number of allylic oxidation sites excluding steroid dienone is 3. The van der Waals surface area contributed by atoms with Crippen molar-refractivity contribution in [2.45, 2.75) is 52.1 Å². The fourth-order valence-corrected chi connectivity index (χ4v) is 2.18. The van der Waals surface area contributed by atoms with Crippen molar-refractivity contribution in [2.24, 2.45) is 5.92 Å². The van der Waals surface area contributed by atoms with Gasteiger partial charge in [0, 0.05) is 0 Å². The van der Waals surface area contributed by atoms with Gasteiger partial charge in [0.25, 0.3) is 0 Å². The van der Waals surface area contributed by atoms with Crippen LogP contribution in [0.15, 0.2) is 36.0 Å². The molecule has 0 fully saturated rings. The first kappa shape index (κ1) is 13.2. The maximum Gasteiger partial charge on any atom is 0.0753 e. The molecular weight excluding hydrogens is 196 g/mol. The molecule has 1 heteroatoms. The van der Waals surface area contributed by atoms with Gasteiger partial charge < -0.3 is 5.11 Å². The van der Waals surface area contributed by atoms with Crippen LogP contribution in [0.25, 0.3) is 0 Å². The average Bonchev–Trinajstić information content (AvgIpc) is 2.22. The lowest BCUT2D eigenvalue weighted by Crippen LogP contribution is -2.17. The van der Waals surface area contributed by atoms with Crippen molar-refractivity contribution in [3.63, 3.8) is 0 Å². The van der Waals surface area contributed by atoms with Crippen molar-refractivity contribution in [1.29, 1.82) is 0 Å². The van der Waals surface area contributed by atoms with E-state index < -0.39 is 0 Å². The van der Waals surface area contributed by atoms with Gasteiger partial charge in [0.15, 0.2) is 0 Å². The minimum Gasteiger partial charge on any atom is -0.389 e. The molecule has 0 aromatic rings. The second kappa shape index (κ2) is 6.05. The Bertz CT molecular complexity index is 299. The van der Waals surface area contributed by atoms with Crippen LogP contribution in [-0.4, -0.2) is 11.2 Å². The van der Waals surface area contributed by atoms with Gasteiger partial charge in [-0.15, -0.1) is 0 Å². The Balaban J connectivity index is 2.75. The molecule has 0 aromatic heterocycles. The third-order valence-corrected chi connectivity index (χ3v) is 3.52. The molecule has 2 atom stereocenters. The number of hydrogen-bond donors (Lipinski definition) is 1. The highest BCUT2D eigenvalue weighted by Crippen LogP contribution is 2.27. The third kappa shape index (κ3) is 3.97. The molecule has 0 bridgehead atoms. The number of rotatable bonds is 1. The van der Waals surface area contributed by atoms with E-state index in [0.29, 0.717) is 5.92 Å². The molecule has 0 spiro atoms. The zero-order valence-electron chi connectivity index (χ0n) is 10.6. The fourth-order valence-electron chi connectivity index (χ4n) is 2.18. The first-order valence-corrected chi connectivity index (χ1v) is 6.17. The molecular formula is C15H24O. The second-order valence-electron chi connectivity index (χ2n) is 5.08. The Morgan fingerprint density at radius 1 is 1.44 bits per heavy atom. The van der Waals surface area contributed by atoms with Crippen molar-refractivity contribution in [3.8, 4) is 0 Å². The van der Waals surface area contributed by atoms with Crippen LogP contribution in [0.1, 0.15) is 46.0 Å². The van der Waals surface area contributed by atoms with Gasteiger partial charge in [0.05, 0.1) is 6.10 Å². The highest BCUT2D eigenvalue weighted by atomic mass is 16.3. The molecule has 1 nitrogen and oxygen atoms in total. The van der Waals surface area contributed by atoms with E-state index in [9.17, 15) is 5.11 Å². The molecule has 0 unspecified atom stereocenters. The van der Waals surface area contributed by atoms with Gasteiger partial charge in [-0.25, -0.2) is 0 Å². The number of aliphatic hydroxyl groups is 1. The molecule has 1 aliphatic carbocycles. The van der Waals surface area contributed by atoms with Crippen molar-refractivity contribution in [3.05, 3.63) is 36.0 Å². The average molecular weight is 220 g/mol. The van der Waals surface area contributed by atoms with Crippen molar-refractivity contribution in [1.82, 2.24) is 0 Å². The zero-order valence-corrected chi connectivity index (χ0v) is 10.6. The summed E-state index contributed by atoms with van der Waals surface area (Å²) in [4.78, 5) is 0. The Morgan fingerprint density at radius 2 is 2.12 bits per heavy atom. The number of hydrogen-bond acceptors (Lipinski definition) is 1. The van der Waals surface area contributed by atoms with E-state index in [-0.39, 0.29) is 6.10 Å². The van der Waals surface area contributed by atoms with E-state index in [4.69, 9.17) is 0 Å². The van der Waals surface area contributed by atoms with E-state index in [0.717, 1.165) is 37.7 Å². The molecule has 0 saturated heterocycles. The summed E-state index contributed by atoms with van der Waals surface area (Å²) in [6, 6.07) is 0. The van der Waals surface area contributed by atoms with Gasteiger partial charge >= 0.3 is 0 Å². The molecule has 0 aliphatic heterocycles. The van der Waals surface area contributed by atoms with Gasteiger partial charge in [0.1, 0.15) is 0 Å². The first-order valence-electron chi connectivity index (χ1n) is 6.17.